The molecule has 0 heterocycles. The summed E-state index contributed by atoms with van der Waals surface area (Å²) >= 11 is 0. The molecule has 2 N–H and O–H groups in total. The maximum absolute atomic E-state index is 12.2. The number of esters is 1. The minimum atomic E-state index is -4.29. The predicted octanol–water partition coefficient (Wildman–Crippen LogP) is 2.49. The van der Waals surface area contributed by atoms with Gasteiger partial charge in [0.2, 0.25) is 0 Å². The molecule has 1 atom stereocenters. The minimum absolute atomic E-state index is 0.138. The van der Waals surface area contributed by atoms with E-state index in [1.807, 2.05) is 0 Å². The molecule has 0 spiro atoms. The monoisotopic (exact) mass is 255 g/mol. The Morgan fingerprint density at radius 3 is 2.12 bits per heavy atom. The summed E-state index contributed by atoms with van der Waals surface area (Å²) in [7, 11) is 0. The Morgan fingerprint density at radius 1 is 1.29 bits per heavy atom. The first kappa shape index (κ1) is 16.2. The van der Waals surface area contributed by atoms with Gasteiger partial charge < -0.3 is 10.5 Å². The SMILES string of the molecule is CCOC(=O)C(CN)(CCC(F)(F)F)C(C)C. The molecule has 0 bridgehead atoms. The van der Waals surface area contributed by atoms with Crippen molar-refractivity contribution in [3.8, 4) is 0 Å². The summed E-state index contributed by atoms with van der Waals surface area (Å²) in [5, 5.41) is 0. The summed E-state index contributed by atoms with van der Waals surface area (Å²) in [5.41, 5.74) is 4.26. The average molecular weight is 255 g/mol. The molecule has 0 amide bonds. The fourth-order valence-electron chi connectivity index (χ4n) is 1.69. The largest absolute Gasteiger partial charge is 0.466 e. The first-order valence-corrected chi connectivity index (χ1v) is 5.63. The number of carbonyl (C=O) groups is 1. The number of ether oxygens (including phenoxy) is 1. The van der Waals surface area contributed by atoms with Crippen molar-refractivity contribution in [3.63, 3.8) is 0 Å². The van der Waals surface area contributed by atoms with Gasteiger partial charge in [0.05, 0.1) is 12.0 Å². The number of alkyl halides is 3. The topological polar surface area (TPSA) is 52.3 Å². The summed E-state index contributed by atoms with van der Waals surface area (Å²) in [5.74, 6) is -0.935. The van der Waals surface area contributed by atoms with E-state index in [0.717, 1.165) is 0 Å². The molecular formula is C11H20F3NO2. The van der Waals surface area contributed by atoms with Gasteiger partial charge >= 0.3 is 12.1 Å². The molecule has 6 heteroatoms. The third kappa shape index (κ3) is 4.53. The van der Waals surface area contributed by atoms with Crippen molar-refractivity contribution < 1.29 is 22.7 Å². The van der Waals surface area contributed by atoms with Gasteiger partial charge in [0.1, 0.15) is 0 Å². The Balaban J connectivity index is 4.89. The number of nitrogens with two attached hydrogens (primary N) is 1. The van der Waals surface area contributed by atoms with Crippen LogP contribution in [0.25, 0.3) is 0 Å². The fraction of sp³-hybridized carbons (Fsp3) is 0.909. The molecule has 0 fully saturated rings. The van der Waals surface area contributed by atoms with Gasteiger partial charge in [-0.25, -0.2) is 0 Å². The molecule has 0 radical (unpaired) electrons. The first-order chi connectivity index (χ1) is 7.69. The van der Waals surface area contributed by atoms with Gasteiger partial charge in [0, 0.05) is 13.0 Å². The van der Waals surface area contributed by atoms with Gasteiger partial charge in [0.25, 0.3) is 0 Å². The highest BCUT2D eigenvalue weighted by molar-refractivity contribution is 5.77. The lowest BCUT2D eigenvalue weighted by Crippen LogP contribution is -2.45. The third-order valence-electron chi connectivity index (χ3n) is 3.01. The van der Waals surface area contributed by atoms with Crippen LogP contribution >= 0.6 is 0 Å². The van der Waals surface area contributed by atoms with Crippen LogP contribution in [0.5, 0.6) is 0 Å². The molecule has 0 aliphatic rings. The van der Waals surface area contributed by atoms with Crippen LogP contribution in [0.2, 0.25) is 0 Å². The van der Waals surface area contributed by atoms with Gasteiger partial charge in [-0.2, -0.15) is 13.2 Å². The summed E-state index contributed by atoms with van der Waals surface area (Å²) in [6, 6.07) is 0. The maximum atomic E-state index is 12.2. The molecule has 0 aromatic carbocycles. The van der Waals surface area contributed by atoms with Crippen molar-refractivity contribution in [2.75, 3.05) is 13.2 Å². The van der Waals surface area contributed by atoms with E-state index >= 15 is 0 Å². The van der Waals surface area contributed by atoms with E-state index in [1.165, 1.54) is 0 Å². The van der Waals surface area contributed by atoms with Gasteiger partial charge in [-0.1, -0.05) is 13.8 Å². The molecule has 17 heavy (non-hydrogen) atoms. The molecule has 0 aliphatic heterocycles. The highest BCUT2D eigenvalue weighted by Crippen LogP contribution is 2.37. The van der Waals surface area contributed by atoms with Crippen molar-refractivity contribution in [1.82, 2.24) is 0 Å². The highest BCUT2D eigenvalue weighted by atomic mass is 19.4. The third-order valence-corrected chi connectivity index (χ3v) is 3.01. The second kappa shape index (κ2) is 6.23. The van der Waals surface area contributed by atoms with Crippen molar-refractivity contribution in [1.29, 1.82) is 0 Å². The molecular weight excluding hydrogens is 235 g/mol. The molecule has 0 aliphatic carbocycles. The van der Waals surface area contributed by atoms with Crippen LogP contribution in [0.15, 0.2) is 0 Å². The number of hydrogen-bond donors (Lipinski definition) is 1. The number of halogens is 3. The Hall–Kier alpha value is -0.780. The molecule has 1 unspecified atom stereocenters. The molecule has 0 saturated heterocycles. The Morgan fingerprint density at radius 2 is 1.82 bits per heavy atom. The van der Waals surface area contributed by atoms with Gasteiger partial charge in [-0.3, -0.25) is 4.79 Å². The zero-order chi connectivity index (χ0) is 13.7. The molecule has 0 saturated carbocycles. The van der Waals surface area contributed by atoms with Crippen LogP contribution in [0.3, 0.4) is 0 Å². The summed E-state index contributed by atoms with van der Waals surface area (Å²) in [4.78, 5) is 11.8. The van der Waals surface area contributed by atoms with Gasteiger partial charge in [-0.05, 0) is 19.3 Å². The summed E-state index contributed by atoms with van der Waals surface area (Å²) < 4.78 is 41.6. The van der Waals surface area contributed by atoms with E-state index in [-0.39, 0.29) is 25.5 Å². The number of carbonyl (C=O) groups excluding carboxylic acids is 1. The molecule has 0 aromatic rings. The van der Waals surface area contributed by atoms with Crippen molar-refractivity contribution >= 4 is 5.97 Å². The summed E-state index contributed by atoms with van der Waals surface area (Å²) in [6.07, 6.45) is -5.65. The second-order valence-electron chi connectivity index (χ2n) is 4.35. The highest BCUT2D eigenvalue weighted by Gasteiger charge is 2.44. The quantitative estimate of drug-likeness (QED) is 0.742. The maximum Gasteiger partial charge on any atom is 0.389 e. The lowest BCUT2D eigenvalue weighted by molar-refractivity contribution is -0.165. The van der Waals surface area contributed by atoms with Crippen LogP contribution in [-0.4, -0.2) is 25.3 Å². The van der Waals surface area contributed by atoms with Crippen LogP contribution in [-0.2, 0) is 9.53 Å². The standard InChI is InChI=1S/C11H20F3NO2/c1-4-17-9(16)10(7-15,8(2)3)5-6-11(12,13)14/h8H,4-7,15H2,1-3H3. The van der Waals surface area contributed by atoms with Crippen LogP contribution in [0.4, 0.5) is 13.2 Å². The van der Waals surface area contributed by atoms with Crippen molar-refractivity contribution in [3.05, 3.63) is 0 Å². The van der Waals surface area contributed by atoms with E-state index in [4.69, 9.17) is 10.5 Å². The molecule has 102 valence electrons. The number of rotatable bonds is 6. The van der Waals surface area contributed by atoms with Gasteiger partial charge in [0.15, 0.2) is 0 Å². The van der Waals surface area contributed by atoms with Crippen molar-refractivity contribution in [2.45, 2.75) is 39.8 Å². The minimum Gasteiger partial charge on any atom is -0.466 e. The van der Waals surface area contributed by atoms with E-state index in [9.17, 15) is 18.0 Å². The Labute approximate surface area is 99.5 Å². The van der Waals surface area contributed by atoms with Crippen molar-refractivity contribution in [2.24, 2.45) is 17.1 Å². The molecule has 0 aromatic heterocycles. The molecule has 3 nitrogen and oxygen atoms in total. The normalized spacial score (nSPS) is 15.8. The zero-order valence-corrected chi connectivity index (χ0v) is 10.4. The van der Waals surface area contributed by atoms with Crippen LogP contribution < -0.4 is 5.73 Å². The Bertz CT molecular complexity index is 254. The van der Waals surface area contributed by atoms with Gasteiger partial charge in [-0.15, -0.1) is 0 Å². The fourth-order valence-corrected chi connectivity index (χ4v) is 1.69. The Kier molecular flexibility index (Phi) is 5.95. The summed E-state index contributed by atoms with van der Waals surface area (Å²) in [6.45, 7) is 4.97. The lowest BCUT2D eigenvalue weighted by atomic mass is 9.73. The lowest BCUT2D eigenvalue weighted by Gasteiger charge is -2.34. The van der Waals surface area contributed by atoms with E-state index < -0.39 is 24.0 Å². The van der Waals surface area contributed by atoms with E-state index in [0.29, 0.717) is 0 Å². The van der Waals surface area contributed by atoms with Crippen LogP contribution in [0, 0.1) is 11.3 Å². The van der Waals surface area contributed by atoms with E-state index in [1.54, 1.807) is 20.8 Å². The zero-order valence-electron chi connectivity index (χ0n) is 10.4. The predicted molar refractivity (Wildman–Crippen MR) is 58.2 cm³/mol. The van der Waals surface area contributed by atoms with E-state index in [2.05, 4.69) is 0 Å². The average Bonchev–Trinajstić information content (AvgIpc) is 2.17. The number of hydrogen-bond acceptors (Lipinski definition) is 3. The molecule has 0 rings (SSSR count). The first-order valence-electron chi connectivity index (χ1n) is 5.63. The second-order valence-corrected chi connectivity index (χ2v) is 4.35. The smallest absolute Gasteiger partial charge is 0.389 e. The van der Waals surface area contributed by atoms with Crippen LogP contribution in [0.1, 0.15) is 33.6 Å².